The van der Waals surface area contributed by atoms with Crippen LogP contribution in [-0.2, 0) is 6.42 Å². The first kappa shape index (κ1) is 12.7. The van der Waals surface area contributed by atoms with Gasteiger partial charge in [-0.2, -0.15) is 0 Å². The van der Waals surface area contributed by atoms with Gasteiger partial charge in [0.25, 0.3) is 0 Å². The molecule has 0 saturated carbocycles. The van der Waals surface area contributed by atoms with Crippen molar-refractivity contribution in [2.24, 2.45) is 5.84 Å². The van der Waals surface area contributed by atoms with Crippen molar-refractivity contribution >= 4 is 23.0 Å². The Hall–Kier alpha value is -1.73. The van der Waals surface area contributed by atoms with Gasteiger partial charge >= 0.3 is 0 Å². The van der Waals surface area contributed by atoms with Crippen LogP contribution in [0.4, 0.5) is 11.6 Å². The van der Waals surface area contributed by atoms with Crippen LogP contribution < -0.4 is 16.6 Å². The summed E-state index contributed by atoms with van der Waals surface area (Å²) >= 11 is 1.71. The zero-order chi connectivity index (χ0) is 13.0. The average Bonchev–Trinajstić information content (AvgIpc) is 2.88. The van der Waals surface area contributed by atoms with Crippen LogP contribution >= 0.6 is 11.3 Å². The van der Waals surface area contributed by atoms with Crippen molar-refractivity contribution in [3.05, 3.63) is 28.5 Å². The highest BCUT2D eigenvalue weighted by molar-refractivity contribution is 7.11. The van der Waals surface area contributed by atoms with Crippen LogP contribution in [0.5, 0.6) is 0 Å². The molecule has 2 heterocycles. The summed E-state index contributed by atoms with van der Waals surface area (Å²) in [6.07, 6.45) is 6.15. The van der Waals surface area contributed by atoms with Gasteiger partial charge in [0.05, 0.1) is 18.4 Å². The molecule has 0 amide bonds. The summed E-state index contributed by atoms with van der Waals surface area (Å²) in [5.74, 6) is 6.49. The quantitative estimate of drug-likeness (QED) is 0.565. The number of thiazole rings is 1. The molecule has 1 unspecified atom stereocenters. The molecule has 0 bridgehead atoms. The Labute approximate surface area is 110 Å². The minimum absolute atomic E-state index is 0.0950. The van der Waals surface area contributed by atoms with Crippen molar-refractivity contribution in [2.75, 3.05) is 10.7 Å². The Morgan fingerprint density at radius 3 is 2.78 bits per heavy atom. The van der Waals surface area contributed by atoms with Gasteiger partial charge < -0.3 is 10.7 Å². The van der Waals surface area contributed by atoms with E-state index in [1.807, 2.05) is 13.1 Å². The Morgan fingerprint density at radius 2 is 2.11 bits per heavy atom. The van der Waals surface area contributed by atoms with Crippen LogP contribution in [0.25, 0.3) is 0 Å². The number of nitrogens with one attached hydrogen (secondary N) is 2. The average molecular weight is 264 g/mol. The molecule has 7 heteroatoms. The summed E-state index contributed by atoms with van der Waals surface area (Å²) in [4.78, 5) is 14.0. The van der Waals surface area contributed by atoms with Gasteiger partial charge in [-0.25, -0.2) is 15.8 Å². The number of hydrazine groups is 1. The standard InChI is InChI=1S/C11H16N6S/c1-3-8-4-14-11(18-8)7(2)15-9-5-13-6-10(16-9)17-12/h4-7H,3,12H2,1-2H3,(H2,15,16,17). The first-order valence-corrected chi connectivity index (χ1v) is 6.54. The number of aromatic nitrogens is 3. The van der Waals surface area contributed by atoms with Crippen molar-refractivity contribution in [1.29, 1.82) is 0 Å². The lowest BCUT2D eigenvalue weighted by Crippen LogP contribution is -2.12. The van der Waals surface area contributed by atoms with Crippen molar-refractivity contribution in [2.45, 2.75) is 26.3 Å². The van der Waals surface area contributed by atoms with Crippen molar-refractivity contribution < 1.29 is 0 Å². The van der Waals surface area contributed by atoms with Gasteiger partial charge in [0, 0.05) is 11.1 Å². The molecule has 0 aromatic carbocycles. The largest absolute Gasteiger partial charge is 0.360 e. The predicted molar refractivity (Wildman–Crippen MR) is 73.4 cm³/mol. The number of nitrogens with zero attached hydrogens (tertiary/aromatic N) is 3. The Bertz CT molecular complexity index is 512. The van der Waals surface area contributed by atoms with Crippen LogP contribution in [0, 0.1) is 0 Å². The van der Waals surface area contributed by atoms with Gasteiger partial charge in [-0.1, -0.05) is 6.92 Å². The monoisotopic (exact) mass is 264 g/mol. The molecule has 0 saturated heterocycles. The second-order valence-electron chi connectivity index (χ2n) is 3.82. The third-order valence-electron chi connectivity index (χ3n) is 2.44. The number of nitrogens with two attached hydrogens (primary N) is 1. The molecule has 0 fully saturated rings. The van der Waals surface area contributed by atoms with E-state index in [1.54, 1.807) is 23.7 Å². The van der Waals surface area contributed by atoms with Gasteiger partial charge in [0.15, 0.2) is 5.82 Å². The third-order valence-corrected chi connectivity index (χ3v) is 3.76. The van der Waals surface area contributed by atoms with Crippen LogP contribution in [0.15, 0.2) is 18.6 Å². The molecule has 0 aliphatic rings. The van der Waals surface area contributed by atoms with Crippen LogP contribution in [-0.4, -0.2) is 15.0 Å². The summed E-state index contributed by atoms with van der Waals surface area (Å²) in [6.45, 7) is 4.17. The van der Waals surface area contributed by atoms with E-state index >= 15 is 0 Å². The van der Waals surface area contributed by atoms with Gasteiger partial charge in [-0.3, -0.25) is 4.98 Å². The zero-order valence-corrected chi connectivity index (χ0v) is 11.2. The van der Waals surface area contributed by atoms with E-state index in [0.29, 0.717) is 11.6 Å². The molecule has 6 nitrogen and oxygen atoms in total. The van der Waals surface area contributed by atoms with Gasteiger partial charge in [-0.15, -0.1) is 11.3 Å². The van der Waals surface area contributed by atoms with Crippen LogP contribution in [0.1, 0.15) is 29.8 Å². The zero-order valence-electron chi connectivity index (χ0n) is 10.3. The lowest BCUT2D eigenvalue weighted by atomic mass is 10.3. The Kier molecular flexibility index (Phi) is 4.06. The van der Waals surface area contributed by atoms with Gasteiger partial charge in [-0.05, 0) is 13.3 Å². The molecule has 0 aliphatic carbocycles. The van der Waals surface area contributed by atoms with E-state index in [-0.39, 0.29) is 6.04 Å². The second-order valence-corrected chi connectivity index (χ2v) is 4.97. The molecule has 18 heavy (non-hydrogen) atoms. The molecule has 2 aromatic heterocycles. The number of hydrogen-bond donors (Lipinski definition) is 3. The summed E-state index contributed by atoms with van der Waals surface area (Å²) in [6, 6.07) is 0.0950. The fraction of sp³-hybridized carbons (Fsp3) is 0.364. The maximum Gasteiger partial charge on any atom is 0.160 e. The van der Waals surface area contributed by atoms with E-state index in [9.17, 15) is 0 Å². The highest BCUT2D eigenvalue weighted by Crippen LogP contribution is 2.23. The summed E-state index contributed by atoms with van der Waals surface area (Å²) in [7, 11) is 0. The second kappa shape index (κ2) is 5.74. The Balaban J connectivity index is 2.08. The number of anilines is 2. The lowest BCUT2D eigenvalue weighted by molar-refractivity contribution is 0.858. The van der Waals surface area contributed by atoms with E-state index in [1.165, 1.54) is 4.88 Å². The molecule has 0 radical (unpaired) electrons. The molecular weight excluding hydrogens is 248 g/mol. The van der Waals surface area contributed by atoms with Crippen molar-refractivity contribution in [3.8, 4) is 0 Å². The molecule has 0 spiro atoms. The third kappa shape index (κ3) is 2.93. The summed E-state index contributed by atoms with van der Waals surface area (Å²) < 4.78 is 0. The normalized spacial score (nSPS) is 12.2. The molecule has 2 aromatic rings. The van der Waals surface area contributed by atoms with Gasteiger partial charge in [0.2, 0.25) is 0 Å². The maximum absolute atomic E-state index is 5.29. The van der Waals surface area contributed by atoms with Crippen molar-refractivity contribution in [3.63, 3.8) is 0 Å². The highest BCUT2D eigenvalue weighted by Gasteiger charge is 2.10. The Morgan fingerprint density at radius 1 is 1.33 bits per heavy atom. The molecular formula is C11H16N6S. The minimum atomic E-state index is 0.0950. The maximum atomic E-state index is 5.29. The fourth-order valence-electron chi connectivity index (χ4n) is 1.47. The van der Waals surface area contributed by atoms with E-state index < -0.39 is 0 Å². The smallest absolute Gasteiger partial charge is 0.160 e. The SMILES string of the molecule is CCc1cnc(C(C)Nc2cncc(NN)n2)s1. The molecule has 4 N–H and O–H groups in total. The van der Waals surface area contributed by atoms with Crippen LogP contribution in [0.2, 0.25) is 0 Å². The predicted octanol–water partition coefficient (Wildman–Crippen LogP) is 1.95. The molecule has 2 rings (SSSR count). The van der Waals surface area contributed by atoms with E-state index in [2.05, 4.69) is 32.6 Å². The molecule has 96 valence electrons. The fourth-order valence-corrected chi connectivity index (χ4v) is 2.33. The minimum Gasteiger partial charge on any atom is -0.360 e. The number of aryl methyl sites for hydroxylation is 1. The van der Waals surface area contributed by atoms with E-state index in [0.717, 1.165) is 11.4 Å². The highest BCUT2D eigenvalue weighted by atomic mass is 32.1. The summed E-state index contributed by atoms with van der Waals surface area (Å²) in [5, 5.41) is 4.29. The lowest BCUT2D eigenvalue weighted by Gasteiger charge is -2.11. The van der Waals surface area contributed by atoms with Gasteiger partial charge in [0.1, 0.15) is 10.8 Å². The first-order chi connectivity index (χ1) is 8.72. The number of nitrogen functional groups attached to an aromatic ring is 1. The summed E-state index contributed by atoms with van der Waals surface area (Å²) in [5.41, 5.74) is 2.47. The number of hydrogen-bond acceptors (Lipinski definition) is 7. The topological polar surface area (TPSA) is 88.8 Å². The van der Waals surface area contributed by atoms with Crippen molar-refractivity contribution in [1.82, 2.24) is 15.0 Å². The first-order valence-electron chi connectivity index (χ1n) is 5.72. The number of rotatable bonds is 5. The van der Waals surface area contributed by atoms with Crippen LogP contribution in [0.3, 0.4) is 0 Å². The molecule has 0 aliphatic heterocycles. The van der Waals surface area contributed by atoms with E-state index in [4.69, 9.17) is 5.84 Å². The molecule has 1 atom stereocenters.